The summed E-state index contributed by atoms with van der Waals surface area (Å²) in [6, 6.07) is 12.5. The van der Waals surface area contributed by atoms with Crippen LogP contribution in [-0.4, -0.2) is 48.5 Å². The average molecular weight is 476 g/mol. The molecule has 3 aromatic rings. The minimum atomic E-state index is -3.99. The van der Waals surface area contributed by atoms with Crippen LogP contribution < -0.4 is 4.74 Å². The van der Waals surface area contributed by atoms with Gasteiger partial charge in [-0.3, -0.25) is 4.79 Å². The molecule has 2 aromatic carbocycles. The van der Waals surface area contributed by atoms with E-state index >= 15 is 0 Å². The first-order valence-corrected chi connectivity index (χ1v) is 11.7. The number of hydrogen-bond acceptors (Lipinski definition) is 6. The van der Waals surface area contributed by atoms with E-state index in [0.29, 0.717) is 23.0 Å². The summed E-state index contributed by atoms with van der Waals surface area (Å²) in [5.74, 6) is -0.0876. The van der Waals surface area contributed by atoms with Gasteiger partial charge in [-0.05, 0) is 42.0 Å². The predicted molar refractivity (Wildman–Crippen MR) is 118 cm³/mol. The molecule has 0 fully saturated rings. The summed E-state index contributed by atoms with van der Waals surface area (Å²) in [6.07, 6.45) is 1.79. The van der Waals surface area contributed by atoms with Crippen LogP contribution in [0.5, 0.6) is 5.75 Å². The molecule has 0 radical (unpaired) electrons. The molecule has 1 aromatic heterocycles. The summed E-state index contributed by atoms with van der Waals surface area (Å²) in [5, 5.41) is 0.638. The number of nitrogens with zero attached hydrogens (tertiary/aromatic N) is 3. The van der Waals surface area contributed by atoms with Gasteiger partial charge in [-0.25, -0.2) is 13.4 Å². The smallest absolute Gasteiger partial charge is 0.324 e. The SMILES string of the molecule is COC(=O)C1Cc2ncn(Cc3ccc(Cl)cc3)c2CN1S(=O)(=O)c1ccc(OC)cc1. The summed E-state index contributed by atoms with van der Waals surface area (Å²) in [4.78, 5) is 17.0. The number of carbonyl (C=O) groups is 1. The molecule has 0 aliphatic carbocycles. The maximum Gasteiger partial charge on any atom is 0.324 e. The molecule has 1 aliphatic rings. The topological polar surface area (TPSA) is 90.7 Å². The van der Waals surface area contributed by atoms with Crippen LogP contribution in [0.15, 0.2) is 59.8 Å². The van der Waals surface area contributed by atoms with Crippen LogP contribution in [0.1, 0.15) is 17.0 Å². The molecule has 1 unspecified atom stereocenters. The molecule has 0 amide bonds. The van der Waals surface area contributed by atoms with Gasteiger partial charge in [0.2, 0.25) is 10.0 Å². The van der Waals surface area contributed by atoms with Crippen molar-refractivity contribution in [1.82, 2.24) is 13.9 Å². The number of ether oxygens (including phenoxy) is 2. The van der Waals surface area contributed by atoms with Crippen molar-refractivity contribution in [2.45, 2.75) is 30.4 Å². The van der Waals surface area contributed by atoms with Gasteiger partial charge in [-0.2, -0.15) is 4.31 Å². The Hall–Kier alpha value is -2.88. The number of fused-ring (bicyclic) bond motifs is 1. The molecule has 1 aliphatic heterocycles. The van der Waals surface area contributed by atoms with Crippen molar-refractivity contribution in [3.05, 3.63) is 76.8 Å². The van der Waals surface area contributed by atoms with Crippen LogP contribution in [0.2, 0.25) is 5.02 Å². The number of hydrogen-bond donors (Lipinski definition) is 0. The number of sulfonamides is 1. The molecule has 0 spiro atoms. The zero-order valence-electron chi connectivity index (χ0n) is 17.6. The third kappa shape index (κ3) is 4.23. The number of benzene rings is 2. The van der Waals surface area contributed by atoms with Gasteiger partial charge in [0, 0.05) is 18.0 Å². The van der Waals surface area contributed by atoms with E-state index in [9.17, 15) is 13.2 Å². The highest BCUT2D eigenvalue weighted by atomic mass is 35.5. The fraction of sp³-hybridized carbons (Fsp3) is 0.273. The maximum absolute atomic E-state index is 13.5. The molecule has 0 bridgehead atoms. The summed E-state index contributed by atoms with van der Waals surface area (Å²) >= 11 is 5.97. The van der Waals surface area contributed by atoms with E-state index in [1.807, 2.05) is 16.7 Å². The lowest BCUT2D eigenvalue weighted by Crippen LogP contribution is -2.49. The average Bonchev–Trinajstić information content (AvgIpc) is 3.21. The molecule has 10 heteroatoms. The van der Waals surface area contributed by atoms with Crippen LogP contribution in [0.4, 0.5) is 0 Å². The first-order valence-electron chi connectivity index (χ1n) is 9.84. The zero-order chi connectivity index (χ0) is 22.9. The maximum atomic E-state index is 13.5. The Kier molecular flexibility index (Phi) is 6.23. The normalized spacial score (nSPS) is 16.4. The van der Waals surface area contributed by atoms with E-state index in [1.54, 1.807) is 30.6 Å². The molecular weight excluding hydrogens is 454 g/mol. The van der Waals surface area contributed by atoms with Gasteiger partial charge in [0.05, 0.1) is 43.4 Å². The van der Waals surface area contributed by atoms with Gasteiger partial charge in [-0.15, -0.1) is 0 Å². The first-order chi connectivity index (χ1) is 15.3. The van der Waals surface area contributed by atoms with Gasteiger partial charge >= 0.3 is 5.97 Å². The molecular formula is C22H22ClN3O5S. The fourth-order valence-corrected chi connectivity index (χ4v) is 5.40. The number of methoxy groups -OCH3 is 2. The third-order valence-corrected chi connectivity index (χ3v) is 7.60. The van der Waals surface area contributed by atoms with Crippen LogP contribution in [0, 0.1) is 0 Å². The Balaban J connectivity index is 1.70. The minimum Gasteiger partial charge on any atom is -0.497 e. The Morgan fingerprint density at radius 1 is 1.12 bits per heavy atom. The summed E-state index contributed by atoms with van der Waals surface area (Å²) in [5.41, 5.74) is 2.40. The van der Waals surface area contributed by atoms with Crippen LogP contribution >= 0.6 is 11.6 Å². The first kappa shape index (κ1) is 22.3. The fourth-order valence-electron chi connectivity index (χ4n) is 3.74. The highest BCUT2D eigenvalue weighted by Crippen LogP contribution is 2.30. The van der Waals surface area contributed by atoms with Crippen molar-refractivity contribution >= 4 is 27.6 Å². The molecule has 168 valence electrons. The van der Waals surface area contributed by atoms with Crippen molar-refractivity contribution in [3.8, 4) is 5.75 Å². The van der Waals surface area contributed by atoms with Crippen molar-refractivity contribution in [2.24, 2.45) is 0 Å². The largest absolute Gasteiger partial charge is 0.497 e. The molecule has 0 saturated carbocycles. The summed E-state index contributed by atoms with van der Waals surface area (Å²) in [6.45, 7) is 0.496. The quantitative estimate of drug-likeness (QED) is 0.509. The van der Waals surface area contributed by atoms with Gasteiger partial charge in [0.15, 0.2) is 0 Å². The van der Waals surface area contributed by atoms with Crippen LogP contribution in [0.25, 0.3) is 0 Å². The lowest BCUT2D eigenvalue weighted by molar-refractivity contribution is -0.145. The Bertz CT molecular complexity index is 1220. The lowest BCUT2D eigenvalue weighted by atomic mass is 10.1. The molecule has 0 saturated heterocycles. The standard InChI is InChI=1S/C22H22ClN3O5S/c1-30-17-7-9-18(10-8-17)32(28,29)26-13-21-19(11-20(26)22(27)31-2)24-14-25(21)12-15-3-5-16(23)6-4-15/h3-10,14,20H,11-13H2,1-2H3. The van der Waals surface area contributed by atoms with Crippen LogP contribution in [0.3, 0.4) is 0 Å². The number of esters is 1. The third-order valence-electron chi connectivity index (χ3n) is 5.48. The van der Waals surface area contributed by atoms with Crippen molar-refractivity contribution < 1.29 is 22.7 Å². The van der Waals surface area contributed by atoms with E-state index in [1.165, 1.54) is 30.7 Å². The Morgan fingerprint density at radius 3 is 2.44 bits per heavy atom. The van der Waals surface area contributed by atoms with E-state index in [4.69, 9.17) is 21.1 Å². The second-order valence-corrected chi connectivity index (χ2v) is 9.69. The molecule has 8 nitrogen and oxygen atoms in total. The highest BCUT2D eigenvalue weighted by molar-refractivity contribution is 7.89. The number of halogens is 1. The molecule has 4 rings (SSSR count). The van der Waals surface area contributed by atoms with Crippen molar-refractivity contribution in [3.63, 3.8) is 0 Å². The Labute approximate surface area is 191 Å². The molecule has 1 atom stereocenters. The molecule has 32 heavy (non-hydrogen) atoms. The predicted octanol–water partition coefficient (Wildman–Crippen LogP) is 2.88. The monoisotopic (exact) mass is 475 g/mol. The van der Waals surface area contributed by atoms with E-state index in [-0.39, 0.29) is 17.9 Å². The van der Waals surface area contributed by atoms with E-state index < -0.39 is 22.0 Å². The lowest BCUT2D eigenvalue weighted by Gasteiger charge is -2.33. The second kappa shape index (κ2) is 8.93. The highest BCUT2D eigenvalue weighted by Gasteiger charge is 2.42. The number of aromatic nitrogens is 2. The van der Waals surface area contributed by atoms with Gasteiger partial charge in [0.1, 0.15) is 11.8 Å². The van der Waals surface area contributed by atoms with Crippen LogP contribution in [-0.2, 0) is 39.1 Å². The van der Waals surface area contributed by atoms with Crippen molar-refractivity contribution in [1.29, 1.82) is 0 Å². The van der Waals surface area contributed by atoms with Gasteiger partial charge in [0.25, 0.3) is 0 Å². The number of imidazole rings is 1. The molecule has 2 heterocycles. The summed E-state index contributed by atoms with van der Waals surface area (Å²) < 4.78 is 40.1. The zero-order valence-corrected chi connectivity index (χ0v) is 19.1. The van der Waals surface area contributed by atoms with Crippen molar-refractivity contribution in [2.75, 3.05) is 14.2 Å². The second-order valence-electron chi connectivity index (χ2n) is 7.36. The van der Waals surface area contributed by atoms with Gasteiger partial charge in [-0.1, -0.05) is 23.7 Å². The minimum absolute atomic E-state index is 0.00292. The summed E-state index contributed by atoms with van der Waals surface area (Å²) in [7, 11) is -1.24. The number of rotatable bonds is 6. The van der Waals surface area contributed by atoms with E-state index in [2.05, 4.69) is 4.98 Å². The molecule has 0 N–H and O–H groups in total. The van der Waals surface area contributed by atoms with Gasteiger partial charge < -0.3 is 14.0 Å². The Morgan fingerprint density at radius 2 is 1.81 bits per heavy atom. The van der Waals surface area contributed by atoms with E-state index in [0.717, 1.165) is 11.3 Å². The number of carbonyl (C=O) groups excluding carboxylic acids is 1.